The maximum Gasteiger partial charge on any atom is 0.265 e. The summed E-state index contributed by atoms with van der Waals surface area (Å²) in [6.07, 6.45) is 0. The highest BCUT2D eigenvalue weighted by Gasteiger charge is 2.12. The van der Waals surface area contributed by atoms with Crippen LogP contribution in [-0.4, -0.2) is 53.3 Å². The minimum Gasteiger partial charge on any atom is -0.347 e. The van der Waals surface area contributed by atoms with Crippen molar-refractivity contribution in [3.05, 3.63) is 11.7 Å². The summed E-state index contributed by atoms with van der Waals surface area (Å²) in [7, 11) is 7.49. The Morgan fingerprint density at radius 1 is 0.955 bits per heavy atom. The lowest BCUT2D eigenvalue weighted by molar-refractivity contribution is 0.383. The fourth-order valence-electron chi connectivity index (χ4n) is 1.57. The molecule has 0 bridgehead atoms. The van der Waals surface area contributed by atoms with Gasteiger partial charge in [0, 0.05) is 34.1 Å². The van der Waals surface area contributed by atoms with Crippen LogP contribution in [0.3, 0.4) is 0 Å². The summed E-state index contributed by atoms with van der Waals surface area (Å²) in [4.78, 5) is 21.1. The van der Waals surface area contributed by atoms with Crippen molar-refractivity contribution < 1.29 is 4.52 Å². The third-order valence-electron chi connectivity index (χ3n) is 2.81. The van der Waals surface area contributed by atoms with E-state index in [0.717, 1.165) is 5.82 Å². The Hall–Kier alpha value is -2.45. The minimum absolute atomic E-state index is 0.214. The second-order valence-corrected chi connectivity index (χ2v) is 5.60. The molecule has 2 aromatic heterocycles. The lowest BCUT2D eigenvalue weighted by Gasteiger charge is -2.14. The van der Waals surface area contributed by atoms with Gasteiger partial charge in [-0.25, -0.2) is 0 Å². The van der Waals surface area contributed by atoms with Gasteiger partial charge in [0.05, 0.1) is 6.54 Å². The smallest absolute Gasteiger partial charge is 0.265 e. The zero-order chi connectivity index (χ0) is 16.3. The molecule has 1 N–H and O–H groups in total. The van der Waals surface area contributed by atoms with E-state index in [4.69, 9.17) is 4.52 Å². The van der Waals surface area contributed by atoms with Crippen molar-refractivity contribution in [2.24, 2.45) is 0 Å². The van der Waals surface area contributed by atoms with E-state index in [-0.39, 0.29) is 5.92 Å². The van der Waals surface area contributed by atoms with Crippen molar-refractivity contribution in [2.75, 3.05) is 43.3 Å². The number of aromatic nitrogens is 5. The SMILES string of the molecule is CC(C)c1nc(NCc2nc(N(C)C)no2)nc(N(C)C)n1. The van der Waals surface area contributed by atoms with Crippen LogP contribution in [0.5, 0.6) is 0 Å². The predicted molar refractivity (Wildman–Crippen MR) is 84.2 cm³/mol. The van der Waals surface area contributed by atoms with Crippen LogP contribution in [0, 0.1) is 0 Å². The number of rotatable bonds is 6. The predicted octanol–water partition coefficient (Wildman–Crippen LogP) is 1.12. The molecule has 9 heteroatoms. The number of nitrogens with one attached hydrogen (secondary N) is 1. The van der Waals surface area contributed by atoms with Gasteiger partial charge in [-0.2, -0.15) is 19.9 Å². The Morgan fingerprint density at radius 3 is 2.18 bits per heavy atom. The standard InChI is InChI=1S/C13H22N8O/c1-8(2)10-16-11(18-12(17-10)20(3)4)14-7-9-15-13(19-22-9)21(5)6/h8H,7H2,1-6H3,(H,14,16,17,18). The van der Waals surface area contributed by atoms with Crippen LogP contribution in [-0.2, 0) is 6.54 Å². The molecule has 0 saturated heterocycles. The van der Waals surface area contributed by atoms with Gasteiger partial charge in [0.1, 0.15) is 5.82 Å². The second kappa shape index (κ2) is 6.54. The molecule has 0 radical (unpaired) electrons. The summed E-state index contributed by atoms with van der Waals surface area (Å²) in [5.74, 6) is 3.06. The largest absolute Gasteiger partial charge is 0.347 e. The number of nitrogens with zero attached hydrogens (tertiary/aromatic N) is 7. The zero-order valence-corrected chi connectivity index (χ0v) is 13.8. The molecule has 0 unspecified atom stereocenters. The zero-order valence-electron chi connectivity index (χ0n) is 13.8. The van der Waals surface area contributed by atoms with Crippen LogP contribution < -0.4 is 15.1 Å². The van der Waals surface area contributed by atoms with Gasteiger partial charge < -0.3 is 19.6 Å². The van der Waals surface area contributed by atoms with E-state index in [1.54, 1.807) is 4.90 Å². The molecule has 0 aliphatic heterocycles. The van der Waals surface area contributed by atoms with E-state index in [2.05, 4.69) is 30.4 Å². The average Bonchev–Trinajstić information content (AvgIpc) is 2.93. The highest BCUT2D eigenvalue weighted by molar-refractivity contribution is 5.36. The molecule has 2 rings (SSSR count). The maximum absolute atomic E-state index is 5.16. The van der Waals surface area contributed by atoms with Gasteiger partial charge in [0.15, 0.2) is 0 Å². The van der Waals surface area contributed by atoms with Gasteiger partial charge in [0.2, 0.25) is 17.8 Å². The first-order chi connectivity index (χ1) is 10.4. The van der Waals surface area contributed by atoms with E-state index in [1.807, 2.05) is 46.9 Å². The molecule has 2 aromatic rings. The molecule has 9 nitrogen and oxygen atoms in total. The molecule has 2 heterocycles. The van der Waals surface area contributed by atoms with E-state index in [9.17, 15) is 0 Å². The van der Waals surface area contributed by atoms with Gasteiger partial charge in [-0.05, 0) is 5.16 Å². The Labute approximate surface area is 129 Å². The molecular weight excluding hydrogens is 284 g/mol. The Bertz CT molecular complexity index is 596. The molecule has 0 aromatic carbocycles. The molecule has 0 fully saturated rings. The van der Waals surface area contributed by atoms with Gasteiger partial charge in [-0.3, -0.25) is 0 Å². The fourth-order valence-corrected chi connectivity index (χ4v) is 1.57. The van der Waals surface area contributed by atoms with E-state index in [0.29, 0.717) is 30.3 Å². The summed E-state index contributed by atoms with van der Waals surface area (Å²) in [5.41, 5.74) is 0. The molecule has 0 atom stereocenters. The van der Waals surface area contributed by atoms with Gasteiger partial charge in [0.25, 0.3) is 5.95 Å². The number of anilines is 3. The van der Waals surface area contributed by atoms with Crippen molar-refractivity contribution in [3.8, 4) is 0 Å². The first kappa shape index (κ1) is 15.9. The molecule has 120 valence electrons. The third-order valence-corrected chi connectivity index (χ3v) is 2.81. The van der Waals surface area contributed by atoms with E-state index >= 15 is 0 Å². The van der Waals surface area contributed by atoms with Crippen LogP contribution >= 0.6 is 0 Å². The van der Waals surface area contributed by atoms with Crippen molar-refractivity contribution in [2.45, 2.75) is 26.3 Å². The topological polar surface area (TPSA) is 96.1 Å². The molecule has 0 spiro atoms. The van der Waals surface area contributed by atoms with E-state index < -0.39 is 0 Å². The summed E-state index contributed by atoms with van der Waals surface area (Å²) >= 11 is 0. The Balaban J connectivity index is 2.14. The highest BCUT2D eigenvalue weighted by Crippen LogP contribution is 2.15. The first-order valence-corrected chi connectivity index (χ1v) is 7.04. The monoisotopic (exact) mass is 306 g/mol. The normalized spacial score (nSPS) is 10.9. The summed E-state index contributed by atoms with van der Waals surface area (Å²) in [6, 6.07) is 0. The molecule has 0 amide bonds. The molecule has 0 aliphatic rings. The van der Waals surface area contributed by atoms with Crippen LogP contribution in [0.25, 0.3) is 0 Å². The van der Waals surface area contributed by atoms with Gasteiger partial charge >= 0.3 is 0 Å². The lowest BCUT2D eigenvalue weighted by Crippen LogP contribution is -2.17. The quantitative estimate of drug-likeness (QED) is 0.842. The number of hydrogen-bond acceptors (Lipinski definition) is 9. The van der Waals surface area contributed by atoms with Crippen molar-refractivity contribution in [1.82, 2.24) is 25.1 Å². The third kappa shape index (κ3) is 3.80. The molecule has 22 heavy (non-hydrogen) atoms. The van der Waals surface area contributed by atoms with Crippen LogP contribution in [0.1, 0.15) is 31.5 Å². The summed E-state index contributed by atoms with van der Waals surface area (Å²) in [6.45, 7) is 4.44. The first-order valence-electron chi connectivity index (χ1n) is 7.04. The average molecular weight is 306 g/mol. The van der Waals surface area contributed by atoms with Crippen LogP contribution in [0.15, 0.2) is 4.52 Å². The van der Waals surface area contributed by atoms with E-state index in [1.165, 1.54) is 0 Å². The maximum atomic E-state index is 5.16. The molecule has 0 saturated carbocycles. The number of hydrogen-bond donors (Lipinski definition) is 1. The highest BCUT2D eigenvalue weighted by atomic mass is 16.5. The lowest BCUT2D eigenvalue weighted by atomic mass is 10.2. The minimum atomic E-state index is 0.214. The second-order valence-electron chi connectivity index (χ2n) is 5.60. The van der Waals surface area contributed by atoms with Gasteiger partial charge in [-0.15, -0.1) is 0 Å². The molecular formula is C13H22N8O. The van der Waals surface area contributed by atoms with Crippen LogP contribution in [0.4, 0.5) is 17.8 Å². The van der Waals surface area contributed by atoms with Crippen molar-refractivity contribution in [1.29, 1.82) is 0 Å². The van der Waals surface area contributed by atoms with Gasteiger partial charge in [-0.1, -0.05) is 13.8 Å². The Kier molecular flexibility index (Phi) is 4.74. The van der Waals surface area contributed by atoms with Crippen molar-refractivity contribution in [3.63, 3.8) is 0 Å². The fraction of sp³-hybridized carbons (Fsp3) is 0.615. The summed E-state index contributed by atoms with van der Waals surface area (Å²) in [5, 5.41) is 6.96. The van der Waals surface area contributed by atoms with Crippen LogP contribution in [0.2, 0.25) is 0 Å². The molecule has 0 aliphatic carbocycles. The summed E-state index contributed by atoms with van der Waals surface area (Å²) < 4.78 is 5.16. The van der Waals surface area contributed by atoms with Crippen molar-refractivity contribution >= 4 is 17.8 Å². The Morgan fingerprint density at radius 2 is 1.64 bits per heavy atom.